The normalized spacial score (nSPS) is 9.72. The summed E-state index contributed by atoms with van der Waals surface area (Å²) in [6.07, 6.45) is 0. The maximum Gasteiger partial charge on any atom is 0.304 e. The molecule has 0 radical (unpaired) electrons. The Bertz CT molecular complexity index is 602. The highest BCUT2D eigenvalue weighted by molar-refractivity contribution is 7.17. The lowest BCUT2D eigenvalue weighted by molar-refractivity contribution is -0.383. The van der Waals surface area contributed by atoms with Crippen LogP contribution in [-0.4, -0.2) is 4.92 Å². The van der Waals surface area contributed by atoms with Gasteiger partial charge in [-0.2, -0.15) is 5.26 Å². The van der Waals surface area contributed by atoms with Gasteiger partial charge in [0.05, 0.1) is 4.92 Å². The fraction of sp³-hybridized carbons (Fsp3) is 0.0833. The largest absolute Gasteiger partial charge is 0.367 e. The van der Waals surface area contributed by atoms with E-state index < -0.39 is 4.92 Å². The fourth-order valence-corrected chi connectivity index (χ4v) is 2.30. The summed E-state index contributed by atoms with van der Waals surface area (Å²) in [7, 11) is 0. The van der Waals surface area contributed by atoms with Crippen LogP contribution in [0.5, 0.6) is 0 Å². The van der Waals surface area contributed by atoms with Gasteiger partial charge >= 0.3 is 5.69 Å². The van der Waals surface area contributed by atoms with Gasteiger partial charge in [0, 0.05) is 12.6 Å². The molecule has 0 atom stereocenters. The number of thiophene rings is 1. The maximum atomic E-state index is 10.8. The van der Waals surface area contributed by atoms with Gasteiger partial charge < -0.3 is 5.32 Å². The van der Waals surface area contributed by atoms with E-state index in [2.05, 4.69) is 5.32 Å². The van der Waals surface area contributed by atoms with E-state index >= 15 is 0 Å². The molecule has 0 saturated carbocycles. The van der Waals surface area contributed by atoms with Crippen LogP contribution in [0.3, 0.4) is 0 Å². The molecule has 1 aromatic carbocycles. The van der Waals surface area contributed by atoms with Crippen LogP contribution in [0.15, 0.2) is 36.4 Å². The standard InChI is InChI=1S/C12H9N3O2S/c13-7-10-6-11(15(16)17)12(18-10)14-8-9-4-2-1-3-5-9/h1-6,14H,8H2. The molecule has 0 aliphatic carbocycles. The summed E-state index contributed by atoms with van der Waals surface area (Å²) in [6, 6.07) is 12.8. The van der Waals surface area contributed by atoms with Crippen molar-refractivity contribution in [3.05, 3.63) is 57.0 Å². The lowest BCUT2D eigenvalue weighted by Gasteiger charge is -2.03. The second-order valence-corrected chi connectivity index (χ2v) is 4.59. The topological polar surface area (TPSA) is 79.0 Å². The molecule has 1 aromatic heterocycles. The first-order valence-electron chi connectivity index (χ1n) is 5.17. The Balaban J connectivity index is 2.16. The summed E-state index contributed by atoms with van der Waals surface area (Å²) in [5.74, 6) is 0. The minimum atomic E-state index is -0.481. The van der Waals surface area contributed by atoms with E-state index in [4.69, 9.17) is 5.26 Å². The second kappa shape index (κ2) is 5.29. The number of rotatable bonds is 4. The van der Waals surface area contributed by atoms with Gasteiger partial charge in [-0.1, -0.05) is 30.3 Å². The lowest BCUT2D eigenvalue weighted by Crippen LogP contribution is -1.99. The van der Waals surface area contributed by atoms with Crippen molar-refractivity contribution in [2.75, 3.05) is 5.32 Å². The van der Waals surface area contributed by atoms with Crippen molar-refractivity contribution in [3.63, 3.8) is 0 Å². The van der Waals surface area contributed by atoms with Crippen molar-refractivity contribution in [1.29, 1.82) is 5.26 Å². The molecule has 0 fully saturated rings. The maximum absolute atomic E-state index is 10.8. The van der Waals surface area contributed by atoms with Gasteiger partial charge in [-0.15, -0.1) is 11.3 Å². The zero-order valence-electron chi connectivity index (χ0n) is 9.29. The summed E-state index contributed by atoms with van der Waals surface area (Å²) >= 11 is 1.09. The van der Waals surface area contributed by atoms with Crippen molar-refractivity contribution in [2.45, 2.75) is 6.54 Å². The van der Waals surface area contributed by atoms with E-state index in [9.17, 15) is 10.1 Å². The fourth-order valence-electron chi connectivity index (χ4n) is 1.48. The van der Waals surface area contributed by atoms with Gasteiger partial charge in [0.1, 0.15) is 10.9 Å². The number of nitriles is 1. The molecule has 1 N–H and O–H groups in total. The third-order valence-corrected chi connectivity index (χ3v) is 3.30. The number of benzene rings is 1. The third-order valence-electron chi connectivity index (χ3n) is 2.32. The highest BCUT2D eigenvalue weighted by atomic mass is 32.1. The van der Waals surface area contributed by atoms with E-state index in [-0.39, 0.29) is 5.69 Å². The molecule has 90 valence electrons. The number of nitrogens with zero attached hydrogens (tertiary/aromatic N) is 2. The molecule has 6 heteroatoms. The summed E-state index contributed by atoms with van der Waals surface area (Å²) in [5.41, 5.74) is 0.978. The van der Waals surface area contributed by atoms with Crippen molar-refractivity contribution >= 4 is 22.0 Å². The van der Waals surface area contributed by atoms with E-state index in [1.165, 1.54) is 6.07 Å². The molecule has 5 nitrogen and oxygen atoms in total. The quantitative estimate of drug-likeness (QED) is 0.675. The molecular formula is C12H9N3O2S. The number of hydrogen-bond acceptors (Lipinski definition) is 5. The molecule has 2 rings (SSSR count). The monoisotopic (exact) mass is 259 g/mol. The highest BCUT2D eigenvalue weighted by Gasteiger charge is 2.18. The molecule has 0 unspecified atom stereocenters. The average Bonchev–Trinajstić information content (AvgIpc) is 2.81. The van der Waals surface area contributed by atoms with E-state index in [1.807, 2.05) is 36.4 Å². The SMILES string of the molecule is N#Cc1cc([N+](=O)[O-])c(NCc2ccccc2)s1. The molecular weight excluding hydrogens is 250 g/mol. The zero-order valence-corrected chi connectivity index (χ0v) is 10.1. The van der Waals surface area contributed by atoms with Crippen LogP contribution in [0.25, 0.3) is 0 Å². The van der Waals surface area contributed by atoms with Crippen LogP contribution < -0.4 is 5.32 Å². The van der Waals surface area contributed by atoms with Crippen molar-refractivity contribution in [3.8, 4) is 6.07 Å². The molecule has 18 heavy (non-hydrogen) atoms. The Morgan fingerprint density at radius 3 is 2.72 bits per heavy atom. The smallest absolute Gasteiger partial charge is 0.304 e. The van der Waals surface area contributed by atoms with Crippen molar-refractivity contribution in [1.82, 2.24) is 0 Å². The molecule has 0 spiro atoms. The molecule has 0 saturated heterocycles. The van der Waals surface area contributed by atoms with E-state index in [1.54, 1.807) is 0 Å². The van der Waals surface area contributed by atoms with Crippen LogP contribution in [-0.2, 0) is 6.54 Å². The predicted octanol–water partition coefficient (Wildman–Crippen LogP) is 3.14. The highest BCUT2D eigenvalue weighted by Crippen LogP contribution is 2.34. The second-order valence-electron chi connectivity index (χ2n) is 3.53. The Morgan fingerprint density at radius 2 is 2.11 bits per heavy atom. The molecule has 0 aliphatic rings. The van der Waals surface area contributed by atoms with Gasteiger partial charge in [0.2, 0.25) is 0 Å². The lowest BCUT2D eigenvalue weighted by atomic mass is 10.2. The Kier molecular flexibility index (Phi) is 3.55. The molecule has 2 aromatic rings. The molecule has 1 heterocycles. The van der Waals surface area contributed by atoms with Crippen LogP contribution in [0, 0.1) is 21.4 Å². The van der Waals surface area contributed by atoms with Crippen LogP contribution in [0.1, 0.15) is 10.4 Å². The van der Waals surface area contributed by atoms with Crippen LogP contribution >= 0.6 is 11.3 Å². The zero-order chi connectivity index (χ0) is 13.0. The third kappa shape index (κ3) is 2.64. The Morgan fingerprint density at radius 1 is 1.39 bits per heavy atom. The number of anilines is 1. The summed E-state index contributed by atoms with van der Waals surface area (Å²) in [5, 5.41) is 23.0. The Labute approximate surface area is 107 Å². The first-order chi connectivity index (χ1) is 8.70. The van der Waals surface area contributed by atoms with Crippen LogP contribution in [0.4, 0.5) is 10.7 Å². The first-order valence-corrected chi connectivity index (χ1v) is 5.98. The van der Waals surface area contributed by atoms with Gasteiger partial charge in [0.15, 0.2) is 5.00 Å². The summed E-state index contributed by atoms with van der Waals surface area (Å²) < 4.78 is 0. The molecule has 0 bridgehead atoms. The number of nitrogens with one attached hydrogen (secondary N) is 1. The minimum Gasteiger partial charge on any atom is -0.367 e. The molecule has 0 amide bonds. The van der Waals surface area contributed by atoms with E-state index in [0.717, 1.165) is 16.9 Å². The van der Waals surface area contributed by atoms with Gasteiger partial charge in [-0.3, -0.25) is 10.1 Å². The summed E-state index contributed by atoms with van der Waals surface area (Å²) in [4.78, 5) is 10.7. The van der Waals surface area contributed by atoms with E-state index in [0.29, 0.717) is 16.4 Å². The Hall–Kier alpha value is -2.39. The van der Waals surface area contributed by atoms with Gasteiger partial charge in [-0.05, 0) is 5.56 Å². The molecule has 0 aliphatic heterocycles. The summed E-state index contributed by atoms with van der Waals surface area (Å²) in [6.45, 7) is 0.493. The number of hydrogen-bond donors (Lipinski definition) is 1. The van der Waals surface area contributed by atoms with Crippen LogP contribution in [0.2, 0.25) is 0 Å². The van der Waals surface area contributed by atoms with Crippen molar-refractivity contribution < 1.29 is 4.92 Å². The predicted molar refractivity (Wildman–Crippen MR) is 69.5 cm³/mol. The van der Waals surface area contributed by atoms with Crippen molar-refractivity contribution in [2.24, 2.45) is 0 Å². The van der Waals surface area contributed by atoms with Gasteiger partial charge in [0.25, 0.3) is 0 Å². The average molecular weight is 259 g/mol. The number of nitro groups is 1. The first kappa shape index (κ1) is 12.1. The van der Waals surface area contributed by atoms with Gasteiger partial charge in [-0.25, -0.2) is 0 Å². The minimum absolute atomic E-state index is 0.0486.